The summed E-state index contributed by atoms with van der Waals surface area (Å²) < 4.78 is 15.0. The largest absolute Gasteiger partial charge is 0.497 e. The molecular weight excluding hydrogens is 266 g/mol. The lowest BCUT2D eigenvalue weighted by Gasteiger charge is -2.20. The first kappa shape index (κ1) is 14.1. The van der Waals surface area contributed by atoms with Crippen molar-refractivity contribution in [2.75, 3.05) is 26.1 Å². The van der Waals surface area contributed by atoms with Gasteiger partial charge in [0.15, 0.2) is 0 Å². The monoisotopic (exact) mass is 281 g/mol. The summed E-state index contributed by atoms with van der Waals surface area (Å²) in [5, 5.41) is 12.9. The molecule has 0 radical (unpaired) electrons. The van der Waals surface area contributed by atoms with Crippen LogP contribution in [-0.4, -0.2) is 37.8 Å². The van der Waals surface area contributed by atoms with Gasteiger partial charge in [-0.25, -0.2) is 4.79 Å². The fraction of sp³-hybridized carbons (Fsp3) is 0.385. The maximum Gasteiger partial charge on any atom is 0.353 e. The molecule has 2 rings (SSSR count). The van der Waals surface area contributed by atoms with E-state index in [2.05, 4.69) is 5.32 Å². The normalized spacial score (nSPS) is 20.1. The molecule has 0 unspecified atom stereocenters. The molecule has 1 aromatic rings. The number of anilines is 1. The van der Waals surface area contributed by atoms with E-state index in [1.165, 1.54) is 26.4 Å². The van der Waals surface area contributed by atoms with Gasteiger partial charge in [0.25, 0.3) is 11.5 Å². The summed E-state index contributed by atoms with van der Waals surface area (Å²) in [7, 11) is 2.82. The Hall–Kier alpha value is -2.28. The van der Waals surface area contributed by atoms with E-state index in [4.69, 9.17) is 14.2 Å². The Kier molecular flexibility index (Phi) is 3.54. The van der Waals surface area contributed by atoms with Crippen molar-refractivity contribution < 1.29 is 28.9 Å². The number of carbonyl (C=O) groups is 2. The Labute approximate surface area is 115 Å². The second kappa shape index (κ2) is 5.01. The molecule has 20 heavy (non-hydrogen) atoms. The molecule has 1 aliphatic rings. The number of ether oxygens (including phenoxy) is 3. The SMILES string of the molecule is CCOC(=O)[C@@]1(O)C(=O)Nc2cc(OC)cc(OC)c21. The van der Waals surface area contributed by atoms with Gasteiger partial charge < -0.3 is 24.6 Å². The van der Waals surface area contributed by atoms with E-state index in [9.17, 15) is 14.7 Å². The zero-order valence-corrected chi connectivity index (χ0v) is 11.4. The van der Waals surface area contributed by atoms with Crippen molar-refractivity contribution in [1.82, 2.24) is 0 Å². The molecule has 1 aromatic carbocycles. The maximum atomic E-state index is 12.0. The molecule has 1 atom stereocenters. The number of esters is 1. The van der Waals surface area contributed by atoms with Crippen LogP contribution >= 0.6 is 0 Å². The second-order valence-corrected chi connectivity index (χ2v) is 4.14. The molecule has 0 spiro atoms. The van der Waals surface area contributed by atoms with E-state index < -0.39 is 17.5 Å². The molecule has 0 aliphatic carbocycles. The van der Waals surface area contributed by atoms with Crippen LogP contribution in [0.3, 0.4) is 0 Å². The molecule has 108 valence electrons. The Morgan fingerprint density at radius 3 is 2.60 bits per heavy atom. The van der Waals surface area contributed by atoms with Crippen LogP contribution in [0.2, 0.25) is 0 Å². The molecule has 1 amide bonds. The van der Waals surface area contributed by atoms with Crippen molar-refractivity contribution in [3.05, 3.63) is 17.7 Å². The van der Waals surface area contributed by atoms with Crippen molar-refractivity contribution in [2.45, 2.75) is 12.5 Å². The van der Waals surface area contributed by atoms with Gasteiger partial charge in [-0.15, -0.1) is 0 Å². The highest BCUT2D eigenvalue weighted by atomic mass is 16.6. The zero-order valence-electron chi connectivity index (χ0n) is 11.4. The first-order valence-corrected chi connectivity index (χ1v) is 5.96. The maximum absolute atomic E-state index is 12.0. The van der Waals surface area contributed by atoms with E-state index in [1.807, 2.05) is 0 Å². The summed E-state index contributed by atoms with van der Waals surface area (Å²) in [5.41, 5.74) is -2.13. The van der Waals surface area contributed by atoms with Gasteiger partial charge in [-0.05, 0) is 6.92 Å². The summed E-state index contributed by atoms with van der Waals surface area (Å²) in [4.78, 5) is 23.9. The highest BCUT2D eigenvalue weighted by Crippen LogP contribution is 2.45. The molecule has 7 heteroatoms. The minimum absolute atomic E-state index is 0.0317. The summed E-state index contributed by atoms with van der Waals surface area (Å²) in [5.74, 6) is -1.33. The number of aliphatic hydroxyl groups is 1. The standard InChI is InChI=1S/C13H15NO6/c1-4-20-12(16)13(17)10-8(14-11(13)15)5-7(18-2)6-9(10)19-3/h5-6,17H,4H2,1-3H3,(H,14,15)/t13-/m0/s1. The first-order valence-electron chi connectivity index (χ1n) is 5.96. The predicted molar refractivity (Wildman–Crippen MR) is 68.7 cm³/mol. The third-order valence-corrected chi connectivity index (χ3v) is 3.04. The number of methoxy groups -OCH3 is 2. The average Bonchev–Trinajstić information content (AvgIpc) is 2.70. The Morgan fingerprint density at radius 2 is 2.05 bits per heavy atom. The van der Waals surface area contributed by atoms with Gasteiger partial charge in [0.05, 0.1) is 32.1 Å². The van der Waals surface area contributed by atoms with E-state index in [0.29, 0.717) is 5.75 Å². The van der Waals surface area contributed by atoms with Crippen molar-refractivity contribution in [3.63, 3.8) is 0 Å². The number of hydrogen-bond acceptors (Lipinski definition) is 6. The van der Waals surface area contributed by atoms with Gasteiger partial charge in [-0.1, -0.05) is 0 Å². The zero-order chi connectivity index (χ0) is 14.9. The van der Waals surface area contributed by atoms with Gasteiger partial charge in [0.2, 0.25) is 0 Å². The van der Waals surface area contributed by atoms with Gasteiger partial charge in [-0.3, -0.25) is 4.79 Å². The molecular formula is C13H15NO6. The van der Waals surface area contributed by atoms with E-state index >= 15 is 0 Å². The van der Waals surface area contributed by atoms with Crippen molar-refractivity contribution >= 4 is 17.6 Å². The smallest absolute Gasteiger partial charge is 0.353 e. The summed E-state index contributed by atoms with van der Waals surface area (Å²) in [6.07, 6.45) is 0. The van der Waals surface area contributed by atoms with Crippen LogP contribution in [0.4, 0.5) is 5.69 Å². The third-order valence-electron chi connectivity index (χ3n) is 3.04. The van der Waals surface area contributed by atoms with Crippen LogP contribution in [0.1, 0.15) is 12.5 Å². The van der Waals surface area contributed by atoms with E-state index in [-0.39, 0.29) is 23.6 Å². The fourth-order valence-electron chi connectivity index (χ4n) is 2.10. The predicted octanol–water partition coefficient (Wildman–Crippen LogP) is 0.407. The molecule has 0 bridgehead atoms. The van der Waals surface area contributed by atoms with Crippen LogP contribution in [-0.2, 0) is 19.9 Å². The molecule has 0 fully saturated rings. The molecule has 2 N–H and O–H groups in total. The molecule has 0 aromatic heterocycles. The number of nitrogens with one attached hydrogen (secondary N) is 1. The van der Waals surface area contributed by atoms with E-state index in [1.54, 1.807) is 6.92 Å². The summed E-state index contributed by atoms with van der Waals surface area (Å²) >= 11 is 0. The third kappa shape index (κ3) is 1.87. The van der Waals surface area contributed by atoms with Crippen molar-refractivity contribution in [2.24, 2.45) is 0 Å². The number of carbonyl (C=O) groups excluding carboxylic acids is 2. The lowest BCUT2D eigenvalue weighted by molar-refractivity contribution is -0.169. The van der Waals surface area contributed by atoms with Gasteiger partial charge >= 0.3 is 5.97 Å². The molecule has 1 heterocycles. The second-order valence-electron chi connectivity index (χ2n) is 4.14. The lowest BCUT2D eigenvalue weighted by Crippen LogP contribution is -2.43. The average molecular weight is 281 g/mol. The molecule has 0 saturated heterocycles. The summed E-state index contributed by atoms with van der Waals surface area (Å²) in [6, 6.07) is 2.97. The van der Waals surface area contributed by atoms with Crippen LogP contribution in [0, 0.1) is 0 Å². The van der Waals surface area contributed by atoms with Crippen LogP contribution in [0.25, 0.3) is 0 Å². The minimum Gasteiger partial charge on any atom is -0.497 e. The Balaban J connectivity index is 2.62. The number of amides is 1. The lowest BCUT2D eigenvalue weighted by atomic mass is 9.94. The number of fused-ring (bicyclic) bond motifs is 1. The first-order chi connectivity index (χ1) is 9.48. The summed E-state index contributed by atoms with van der Waals surface area (Å²) in [6.45, 7) is 1.63. The van der Waals surface area contributed by atoms with Gasteiger partial charge in [-0.2, -0.15) is 0 Å². The number of rotatable bonds is 4. The van der Waals surface area contributed by atoms with Crippen LogP contribution in [0.5, 0.6) is 11.5 Å². The number of hydrogen-bond donors (Lipinski definition) is 2. The molecule has 7 nitrogen and oxygen atoms in total. The van der Waals surface area contributed by atoms with Crippen molar-refractivity contribution in [1.29, 1.82) is 0 Å². The molecule has 0 saturated carbocycles. The number of benzene rings is 1. The van der Waals surface area contributed by atoms with E-state index in [0.717, 1.165) is 0 Å². The Morgan fingerprint density at radius 1 is 1.35 bits per heavy atom. The minimum atomic E-state index is -2.41. The quantitative estimate of drug-likeness (QED) is 0.613. The Bertz CT molecular complexity index is 570. The highest BCUT2D eigenvalue weighted by Gasteiger charge is 2.55. The van der Waals surface area contributed by atoms with Gasteiger partial charge in [0.1, 0.15) is 11.5 Å². The van der Waals surface area contributed by atoms with Crippen molar-refractivity contribution in [3.8, 4) is 11.5 Å². The van der Waals surface area contributed by atoms with Gasteiger partial charge in [0, 0.05) is 12.1 Å². The topological polar surface area (TPSA) is 94.1 Å². The highest BCUT2D eigenvalue weighted by molar-refractivity contribution is 6.18. The fourth-order valence-corrected chi connectivity index (χ4v) is 2.10. The van der Waals surface area contributed by atoms with Crippen LogP contribution in [0.15, 0.2) is 12.1 Å². The molecule has 1 aliphatic heterocycles. The van der Waals surface area contributed by atoms with Crippen LogP contribution < -0.4 is 14.8 Å².